The monoisotopic (exact) mass is 168 g/mol. The van der Waals surface area contributed by atoms with Crippen molar-refractivity contribution in [3.63, 3.8) is 0 Å². The lowest BCUT2D eigenvalue weighted by Crippen LogP contribution is -2.10. The van der Waals surface area contributed by atoms with Gasteiger partial charge in [0, 0.05) is 6.61 Å². The number of aliphatic hydroxyl groups excluding tert-OH is 1. The highest BCUT2D eigenvalue weighted by Crippen LogP contribution is 2.50. The second kappa shape index (κ2) is 3.09. The molecule has 2 heteroatoms. The average Bonchev–Trinajstić information content (AvgIpc) is 2.88. The minimum Gasteiger partial charge on any atom is -0.501 e. The molecule has 1 heterocycles. The van der Waals surface area contributed by atoms with Crippen LogP contribution in [0, 0.1) is 5.41 Å². The topological polar surface area (TPSA) is 29.5 Å². The lowest BCUT2D eigenvalue weighted by molar-refractivity contribution is 0.194. The van der Waals surface area contributed by atoms with Gasteiger partial charge in [-0.1, -0.05) is 0 Å². The summed E-state index contributed by atoms with van der Waals surface area (Å²) >= 11 is 0. The Bertz CT molecular complexity index is 192. The van der Waals surface area contributed by atoms with Crippen molar-refractivity contribution in [1.29, 1.82) is 0 Å². The van der Waals surface area contributed by atoms with Crippen LogP contribution in [0.4, 0.5) is 0 Å². The van der Waals surface area contributed by atoms with E-state index >= 15 is 0 Å². The largest absolute Gasteiger partial charge is 0.501 e. The zero-order valence-electron chi connectivity index (χ0n) is 7.38. The molecule has 0 amide bonds. The third-order valence-electron chi connectivity index (χ3n) is 2.90. The maximum absolute atomic E-state index is 9.12. The Morgan fingerprint density at radius 1 is 1.50 bits per heavy atom. The fraction of sp³-hybridized carbons (Fsp3) is 0.800. The van der Waals surface area contributed by atoms with Gasteiger partial charge in [0.25, 0.3) is 0 Å². The van der Waals surface area contributed by atoms with E-state index < -0.39 is 0 Å². The van der Waals surface area contributed by atoms with Crippen LogP contribution in [0.15, 0.2) is 11.8 Å². The predicted octanol–water partition coefficient (Wildman–Crippen LogP) is 1.84. The Labute approximate surface area is 73.2 Å². The molecule has 1 N–H and O–H groups in total. The first kappa shape index (κ1) is 8.11. The highest BCUT2D eigenvalue weighted by Gasteiger charge is 2.42. The highest BCUT2D eigenvalue weighted by atomic mass is 16.5. The number of ether oxygens (including phenoxy) is 1. The Morgan fingerprint density at radius 2 is 2.33 bits per heavy atom. The normalized spacial score (nSPS) is 25.9. The van der Waals surface area contributed by atoms with Gasteiger partial charge in [0.15, 0.2) is 0 Å². The van der Waals surface area contributed by atoms with Crippen molar-refractivity contribution in [2.75, 3.05) is 13.2 Å². The van der Waals surface area contributed by atoms with Gasteiger partial charge in [0.1, 0.15) is 0 Å². The van der Waals surface area contributed by atoms with Crippen molar-refractivity contribution in [2.24, 2.45) is 5.41 Å². The van der Waals surface area contributed by atoms with E-state index in [4.69, 9.17) is 9.84 Å². The lowest BCUT2D eigenvalue weighted by Gasteiger charge is -2.17. The molecule has 0 atom stereocenters. The van der Waals surface area contributed by atoms with E-state index in [1.165, 1.54) is 24.8 Å². The van der Waals surface area contributed by atoms with Crippen molar-refractivity contribution < 1.29 is 9.84 Å². The van der Waals surface area contributed by atoms with Crippen LogP contribution in [0.5, 0.6) is 0 Å². The molecule has 0 saturated heterocycles. The summed E-state index contributed by atoms with van der Waals surface area (Å²) in [5, 5.41) is 9.12. The Hall–Kier alpha value is -0.500. The third kappa shape index (κ3) is 1.63. The molecule has 1 fully saturated rings. The molecule has 0 bridgehead atoms. The number of hydrogen-bond donors (Lipinski definition) is 1. The molecule has 0 aromatic rings. The molecule has 2 nitrogen and oxygen atoms in total. The number of rotatable bonds is 3. The van der Waals surface area contributed by atoms with Gasteiger partial charge < -0.3 is 9.84 Å². The Morgan fingerprint density at radius 3 is 2.83 bits per heavy atom. The summed E-state index contributed by atoms with van der Waals surface area (Å²) in [6, 6.07) is 0. The number of allylic oxidation sites excluding steroid dienone is 1. The average molecular weight is 168 g/mol. The van der Waals surface area contributed by atoms with Crippen LogP contribution in [0.2, 0.25) is 0 Å². The summed E-state index contributed by atoms with van der Waals surface area (Å²) in [5.74, 6) is 0. The van der Waals surface area contributed by atoms with E-state index in [2.05, 4.69) is 0 Å². The first-order chi connectivity index (χ1) is 5.85. The van der Waals surface area contributed by atoms with Crippen LogP contribution in [0.3, 0.4) is 0 Å². The molecule has 2 aliphatic rings. The molecular formula is C10H16O2. The second-order valence-electron chi connectivity index (χ2n) is 4.09. The Kier molecular flexibility index (Phi) is 2.09. The molecule has 0 spiro atoms. The minimum atomic E-state index is 0.256. The van der Waals surface area contributed by atoms with Crippen LogP contribution in [0.1, 0.15) is 32.1 Å². The van der Waals surface area contributed by atoms with Crippen LogP contribution in [0.25, 0.3) is 0 Å². The number of aliphatic hydroxyl groups is 1. The highest BCUT2D eigenvalue weighted by molar-refractivity contribution is 5.09. The maximum atomic E-state index is 9.12. The van der Waals surface area contributed by atoms with E-state index in [0.29, 0.717) is 6.61 Å². The zero-order chi connectivity index (χ0) is 8.44. The van der Waals surface area contributed by atoms with Gasteiger partial charge in [0.05, 0.1) is 12.9 Å². The summed E-state index contributed by atoms with van der Waals surface area (Å²) in [5.41, 5.74) is 1.65. The fourth-order valence-corrected chi connectivity index (χ4v) is 1.80. The van der Waals surface area contributed by atoms with Crippen molar-refractivity contribution in [3.8, 4) is 0 Å². The van der Waals surface area contributed by atoms with Gasteiger partial charge in [-0.25, -0.2) is 0 Å². The fourth-order valence-electron chi connectivity index (χ4n) is 1.80. The molecular weight excluding hydrogens is 152 g/mol. The molecule has 12 heavy (non-hydrogen) atoms. The van der Waals surface area contributed by atoms with Gasteiger partial charge in [-0.05, 0) is 43.1 Å². The molecule has 0 radical (unpaired) electrons. The van der Waals surface area contributed by atoms with Crippen molar-refractivity contribution >= 4 is 0 Å². The van der Waals surface area contributed by atoms with Crippen LogP contribution < -0.4 is 0 Å². The van der Waals surface area contributed by atoms with E-state index in [9.17, 15) is 0 Å². The number of hydrogen-bond acceptors (Lipinski definition) is 2. The Balaban J connectivity index is 1.89. The SMILES string of the molecule is OCC1(CC2=COCCC2)CC1. The molecule has 0 unspecified atom stereocenters. The van der Waals surface area contributed by atoms with E-state index in [0.717, 1.165) is 19.4 Å². The zero-order valence-corrected chi connectivity index (χ0v) is 7.38. The molecule has 1 aliphatic heterocycles. The van der Waals surface area contributed by atoms with Crippen molar-refractivity contribution in [2.45, 2.75) is 32.1 Å². The summed E-state index contributed by atoms with van der Waals surface area (Å²) in [6.45, 7) is 1.22. The van der Waals surface area contributed by atoms with Crippen LogP contribution >= 0.6 is 0 Å². The van der Waals surface area contributed by atoms with Crippen molar-refractivity contribution in [3.05, 3.63) is 11.8 Å². The molecule has 1 saturated carbocycles. The van der Waals surface area contributed by atoms with Crippen LogP contribution in [-0.4, -0.2) is 18.3 Å². The predicted molar refractivity (Wildman–Crippen MR) is 46.6 cm³/mol. The van der Waals surface area contributed by atoms with Gasteiger partial charge >= 0.3 is 0 Å². The third-order valence-corrected chi connectivity index (χ3v) is 2.90. The summed E-state index contributed by atoms with van der Waals surface area (Å²) < 4.78 is 5.26. The molecule has 1 aliphatic carbocycles. The molecule has 0 aromatic carbocycles. The molecule has 68 valence electrons. The smallest absolute Gasteiger partial charge is 0.0876 e. The van der Waals surface area contributed by atoms with Crippen LogP contribution in [-0.2, 0) is 4.74 Å². The van der Waals surface area contributed by atoms with Gasteiger partial charge in [-0.3, -0.25) is 0 Å². The quantitative estimate of drug-likeness (QED) is 0.696. The summed E-state index contributed by atoms with van der Waals surface area (Å²) in [7, 11) is 0. The second-order valence-corrected chi connectivity index (χ2v) is 4.09. The lowest BCUT2D eigenvalue weighted by atomic mass is 9.95. The van der Waals surface area contributed by atoms with Crippen molar-refractivity contribution in [1.82, 2.24) is 0 Å². The van der Waals surface area contributed by atoms with E-state index in [-0.39, 0.29) is 5.41 Å². The molecule has 2 rings (SSSR count). The first-order valence-electron chi connectivity index (χ1n) is 4.75. The van der Waals surface area contributed by atoms with Gasteiger partial charge in [-0.15, -0.1) is 0 Å². The van der Waals surface area contributed by atoms with E-state index in [1.54, 1.807) is 0 Å². The molecule has 0 aromatic heterocycles. The standard InChI is InChI=1S/C10H16O2/c11-8-10(3-4-10)6-9-2-1-5-12-7-9/h7,11H,1-6,8H2. The van der Waals surface area contributed by atoms with Gasteiger partial charge in [-0.2, -0.15) is 0 Å². The summed E-state index contributed by atoms with van der Waals surface area (Å²) in [6.07, 6.45) is 7.67. The minimum absolute atomic E-state index is 0.256. The van der Waals surface area contributed by atoms with E-state index in [1.807, 2.05) is 6.26 Å². The summed E-state index contributed by atoms with van der Waals surface area (Å²) in [4.78, 5) is 0. The first-order valence-corrected chi connectivity index (χ1v) is 4.75. The maximum Gasteiger partial charge on any atom is 0.0876 e. The van der Waals surface area contributed by atoms with Gasteiger partial charge in [0.2, 0.25) is 0 Å².